The number of hydrazone groups is 1. The maximum atomic E-state index is 12.9. The van der Waals surface area contributed by atoms with Crippen molar-refractivity contribution in [2.75, 3.05) is 43.1 Å². The first-order chi connectivity index (χ1) is 14.4. The van der Waals surface area contributed by atoms with Crippen LogP contribution in [0, 0.1) is 0 Å². The molecule has 2 aliphatic heterocycles. The zero-order chi connectivity index (χ0) is 21.3. The van der Waals surface area contributed by atoms with Crippen LogP contribution < -0.4 is 9.91 Å². The summed E-state index contributed by atoms with van der Waals surface area (Å²) in [6.07, 6.45) is 1.85. The SMILES string of the molecule is CC1=NN(c2ccc(C(=O)O)cc2)C(=O)/C1=C\c1ccc(N2CCN(C)CC2)cc1. The van der Waals surface area contributed by atoms with Gasteiger partial charge in [-0.05, 0) is 62.0 Å². The van der Waals surface area contributed by atoms with Gasteiger partial charge in [0.1, 0.15) is 0 Å². The number of carbonyl (C=O) groups excluding carboxylic acids is 1. The second-order valence-corrected chi connectivity index (χ2v) is 7.59. The van der Waals surface area contributed by atoms with Crippen LogP contribution in [0.2, 0.25) is 0 Å². The largest absolute Gasteiger partial charge is 0.478 e. The van der Waals surface area contributed by atoms with Gasteiger partial charge in [-0.3, -0.25) is 4.79 Å². The van der Waals surface area contributed by atoms with E-state index in [2.05, 4.69) is 34.1 Å². The number of aromatic carboxylic acids is 1. The summed E-state index contributed by atoms with van der Waals surface area (Å²) >= 11 is 0. The minimum Gasteiger partial charge on any atom is -0.478 e. The third-order valence-electron chi connectivity index (χ3n) is 5.49. The van der Waals surface area contributed by atoms with E-state index < -0.39 is 5.97 Å². The second kappa shape index (κ2) is 8.12. The van der Waals surface area contributed by atoms with Crippen LogP contribution in [0.1, 0.15) is 22.8 Å². The Morgan fingerprint density at radius 1 is 0.967 bits per heavy atom. The van der Waals surface area contributed by atoms with Gasteiger partial charge < -0.3 is 14.9 Å². The summed E-state index contributed by atoms with van der Waals surface area (Å²) in [7, 11) is 2.14. The molecule has 0 aromatic heterocycles. The molecule has 0 atom stereocenters. The molecule has 7 heteroatoms. The normalized spacial score (nSPS) is 18.8. The molecule has 0 unspecified atom stereocenters. The zero-order valence-corrected chi connectivity index (χ0v) is 17.1. The monoisotopic (exact) mass is 404 g/mol. The van der Waals surface area contributed by atoms with Crippen molar-refractivity contribution in [2.45, 2.75) is 6.92 Å². The summed E-state index contributed by atoms with van der Waals surface area (Å²) in [5, 5.41) is 14.7. The molecule has 1 N–H and O–H groups in total. The van der Waals surface area contributed by atoms with E-state index in [4.69, 9.17) is 5.11 Å². The van der Waals surface area contributed by atoms with E-state index in [-0.39, 0.29) is 11.5 Å². The Bertz CT molecular complexity index is 1020. The molecule has 0 bridgehead atoms. The van der Waals surface area contributed by atoms with E-state index in [1.165, 1.54) is 22.8 Å². The third-order valence-corrected chi connectivity index (χ3v) is 5.49. The van der Waals surface area contributed by atoms with Crippen molar-refractivity contribution in [3.8, 4) is 0 Å². The Labute approximate surface area is 175 Å². The first kappa shape index (κ1) is 19.8. The van der Waals surface area contributed by atoms with Crippen LogP contribution >= 0.6 is 0 Å². The lowest BCUT2D eigenvalue weighted by Gasteiger charge is -2.34. The van der Waals surface area contributed by atoms with Crippen LogP contribution in [0.3, 0.4) is 0 Å². The van der Waals surface area contributed by atoms with Crippen molar-refractivity contribution in [3.05, 3.63) is 65.2 Å². The first-order valence-electron chi connectivity index (χ1n) is 9.91. The summed E-state index contributed by atoms with van der Waals surface area (Å²) < 4.78 is 0. The molecule has 2 aliphatic rings. The van der Waals surface area contributed by atoms with Crippen molar-refractivity contribution in [1.82, 2.24) is 4.90 Å². The Balaban J connectivity index is 1.50. The van der Waals surface area contributed by atoms with Gasteiger partial charge in [0.25, 0.3) is 5.91 Å². The molecule has 2 aromatic carbocycles. The number of anilines is 2. The Kier molecular flexibility index (Phi) is 5.37. The number of likely N-dealkylation sites (N-methyl/N-ethyl adjacent to an activating group) is 1. The number of hydrogen-bond donors (Lipinski definition) is 1. The smallest absolute Gasteiger partial charge is 0.335 e. The summed E-state index contributed by atoms with van der Waals surface area (Å²) in [6, 6.07) is 14.3. The van der Waals surface area contributed by atoms with Gasteiger partial charge in [-0.15, -0.1) is 0 Å². The standard InChI is InChI=1S/C23H24N4O3/c1-16-21(22(28)27(24-16)20-9-5-18(6-10-20)23(29)30)15-17-3-7-19(8-4-17)26-13-11-25(2)12-14-26/h3-10,15H,11-14H2,1-2H3,(H,29,30)/b21-15-. The van der Waals surface area contributed by atoms with Gasteiger partial charge in [-0.1, -0.05) is 12.1 Å². The van der Waals surface area contributed by atoms with E-state index in [9.17, 15) is 9.59 Å². The van der Waals surface area contributed by atoms with Crippen molar-refractivity contribution in [1.29, 1.82) is 0 Å². The highest BCUT2D eigenvalue weighted by molar-refractivity contribution is 6.32. The molecule has 0 aliphatic carbocycles. The average Bonchev–Trinajstić information content (AvgIpc) is 3.03. The van der Waals surface area contributed by atoms with Crippen molar-refractivity contribution in [3.63, 3.8) is 0 Å². The highest BCUT2D eigenvalue weighted by Gasteiger charge is 2.28. The fourth-order valence-electron chi connectivity index (χ4n) is 3.62. The second-order valence-electron chi connectivity index (χ2n) is 7.59. The molecule has 1 fully saturated rings. The van der Waals surface area contributed by atoms with Gasteiger partial charge >= 0.3 is 5.97 Å². The lowest BCUT2D eigenvalue weighted by molar-refractivity contribution is -0.114. The zero-order valence-electron chi connectivity index (χ0n) is 17.1. The number of carbonyl (C=O) groups is 2. The summed E-state index contributed by atoms with van der Waals surface area (Å²) in [5.74, 6) is -1.23. The molecular weight excluding hydrogens is 380 g/mol. The predicted molar refractivity (Wildman–Crippen MR) is 118 cm³/mol. The molecule has 154 valence electrons. The number of rotatable bonds is 4. The van der Waals surface area contributed by atoms with Crippen LogP contribution in [0.5, 0.6) is 0 Å². The molecule has 30 heavy (non-hydrogen) atoms. The molecule has 7 nitrogen and oxygen atoms in total. The van der Waals surface area contributed by atoms with Crippen LogP contribution in [0.25, 0.3) is 6.08 Å². The van der Waals surface area contributed by atoms with E-state index in [0.29, 0.717) is 17.0 Å². The molecule has 1 amide bonds. The number of amides is 1. The number of carboxylic acid groups (broad SMARTS) is 1. The van der Waals surface area contributed by atoms with Crippen molar-refractivity contribution in [2.24, 2.45) is 5.10 Å². The van der Waals surface area contributed by atoms with Gasteiger partial charge in [-0.25, -0.2) is 4.79 Å². The maximum Gasteiger partial charge on any atom is 0.335 e. The van der Waals surface area contributed by atoms with Gasteiger partial charge in [0, 0.05) is 31.9 Å². The first-order valence-corrected chi connectivity index (χ1v) is 9.91. The number of carboxylic acids is 1. The van der Waals surface area contributed by atoms with Crippen LogP contribution in [-0.2, 0) is 4.79 Å². The molecule has 0 saturated carbocycles. The lowest BCUT2D eigenvalue weighted by Crippen LogP contribution is -2.44. The molecule has 2 aromatic rings. The van der Waals surface area contributed by atoms with Gasteiger partial charge in [0.2, 0.25) is 0 Å². The summed E-state index contributed by atoms with van der Waals surface area (Å²) in [5.41, 5.74) is 4.00. The molecular formula is C23H24N4O3. The van der Waals surface area contributed by atoms with Gasteiger partial charge in [0.05, 0.1) is 22.5 Å². The van der Waals surface area contributed by atoms with Crippen LogP contribution in [-0.4, -0.2) is 60.8 Å². The molecule has 4 rings (SSSR count). The average molecular weight is 404 g/mol. The van der Waals surface area contributed by atoms with Crippen LogP contribution in [0.15, 0.2) is 59.2 Å². The third kappa shape index (κ3) is 3.97. The van der Waals surface area contributed by atoms with Gasteiger partial charge in [-0.2, -0.15) is 10.1 Å². The lowest BCUT2D eigenvalue weighted by atomic mass is 10.1. The molecule has 2 heterocycles. The summed E-state index contributed by atoms with van der Waals surface area (Å²) in [6.45, 7) is 5.93. The van der Waals surface area contributed by atoms with Gasteiger partial charge in [0.15, 0.2) is 0 Å². The van der Waals surface area contributed by atoms with E-state index >= 15 is 0 Å². The molecule has 1 saturated heterocycles. The Morgan fingerprint density at radius 3 is 2.17 bits per heavy atom. The Hall–Kier alpha value is -3.45. The fourth-order valence-corrected chi connectivity index (χ4v) is 3.62. The molecule has 0 radical (unpaired) electrons. The minimum atomic E-state index is -1.01. The van der Waals surface area contributed by atoms with E-state index in [1.807, 2.05) is 18.2 Å². The van der Waals surface area contributed by atoms with Crippen molar-refractivity contribution < 1.29 is 14.7 Å². The molecule has 0 spiro atoms. The number of nitrogens with zero attached hydrogens (tertiary/aromatic N) is 4. The quantitative estimate of drug-likeness (QED) is 0.793. The van der Waals surface area contributed by atoms with Crippen molar-refractivity contribution >= 4 is 35.0 Å². The number of piperazine rings is 1. The topological polar surface area (TPSA) is 76.4 Å². The van der Waals surface area contributed by atoms with E-state index in [0.717, 1.165) is 31.7 Å². The van der Waals surface area contributed by atoms with E-state index in [1.54, 1.807) is 19.1 Å². The fraction of sp³-hybridized carbons (Fsp3) is 0.261. The predicted octanol–water partition coefficient (Wildman–Crippen LogP) is 2.94. The number of hydrogen-bond acceptors (Lipinski definition) is 5. The summed E-state index contributed by atoms with van der Waals surface area (Å²) in [4.78, 5) is 28.6. The maximum absolute atomic E-state index is 12.9. The highest BCUT2D eigenvalue weighted by atomic mass is 16.4. The number of benzene rings is 2. The minimum absolute atomic E-state index is 0.169. The Morgan fingerprint density at radius 2 is 1.57 bits per heavy atom. The van der Waals surface area contributed by atoms with Crippen LogP contribution in [0.4, 0.5) is 11.4 Å². The highest BCUT2D eigenvalue weighted by Crippen LogP contribution is 2.26.